The van der Waals surface area contributed by atoms with Gasteiger partial charge in [0.05, 0.1) is 17.0 Å². The van der Waals surface area contributed by atoms with E-state index in [-0.39, 0.29) is 11.6 Å². The standard InChI is InChI=1S/C12H12N4O3S/c1-13-10-4-8(2-3-11(10)16(18)19)12(17)15-6-9-5-14-7-20-9/h2-5,7,13H,6H2,1H3,(H,15,17). The summed E-state index contributed by atoms with van der Waals surface area (Å²) in [6.07, 6.45) is 1.68. The van der Waals surface area contributed by atoms with Crippen LogP contribution >= 0.6 is 11.3 Å². The fraction of sp³-hybridized carbons (Fsp3) is 0.167. The molecule has 1 heterocycles. The summed E-state index contributed by atoms with van der Waals surface area (Å²) in [5.74, 6) is -0.287. The van der Waals surface area contributed by atoms with Crippen LogP contribution in [-0.4, -0.2) is 22.9 Å². The number of nitrogens with zero attached hydrogens (tertiary/aromatic N) is 2. The van der Waals surface area contributed by atoms with Gasteiger partial charge in [-0.05, 0) is 12.1 Å². The molecular weight excluding hydrogens is 280 g/mol. The molecule has 2 rings (SSSR count). The summed E-state index contributed by atoms with van der Waals surface area (Å²) in [7, 11) is 1.57. The van der Waals surface area contributed by atoms with Crippen molar-refractivity contribution in [2.24, 2.45) is 0 Å². The first kappa shape index (κ1) is 13.9. The SMILES string of the molecule is CNc1cc(C(=O)NCc2cncs2)ccc1[N+](=O)[O-]. The monoisotopic (exact) mass is 292 g/mol. The number of amides is 1. The van der Waals surface area contributed by atoms with E-state index in [1.54, 1.807) is 18.8 Å². The molecule has 0 spiro atoms. The van der Waals surface area contributed by atoms with Crippen LogP contribution in [0.1, 0.15) is 15.2 Å². The Kier molecular flexibility index (Phi) is 4.26. The van der Waals surface area contributed by atoms with Gasteiger partial charge < -0.3 is 10.6 Å². The fourth-order valence-electron chi connectivity index (χ4n) is 1.64. The minimum Gasteiger partial charge on any atom is -0.383 e. The van der Waals surface area contributed by atoms with Gasteiger partial charge in [0.1, 0.15) is 5.69 Å². The zero-order valence-corrected chi connectivity index (χ0v) is 11.4. The number of thiazole rings is 1. The second kappa shape index (κ2) is 6.11. The molecular formula is C12H12N4O3S. The summed E-state index contributed by atoms with van der Waals surface area (Å²) in [6, 6.07) is 4.20. The number of aromatic nitrogens is 1. The molecule has 8 heteroatoms. The van der Waals surface area contributed by atoms with Crippen LogP contribution in [0, 0.1) is 10.1 Å². The molecule has 20 heavy (non-hydrogen) atoms. The molecule has 0 saturated carbocycles. The molecule has 0 saturated heterocycles. The van der Waals surface area contributed by atoms with Gasteiger partial charge in [0, 0.05) is 29.8 Å². The maximum absolute atomic E-state index is 12.0. The van der Waals surface area contributed by atoms with Gasteiger partial charge in [-0.3, -0.25) is 19.9 Å². The highest BCUT2D eigenvalue weighted by Crippen LogP contribution is 2.24. The number of carbonyl (C=O) groups excluding carboxylic acids is 1. The molecule has 1 aromatic heterocycles. The van der Waals surface area contributed by atoms with Crippen LogP contribution in [0.3, 0.4) is 0 Å². The Bertz CT molecular complexity index is 628. The molecule has 0 aliphatic carbocycles. The van der Waals surface area contributed by atoms with Gasteiger partial charge in [-0.25, -0.2) is 0 Å². The minimum atomic E-state index is -0.495. The highest BCUT2D eigenvalue weighted by atomic mass is 32.1. The van der Waals surface area contributed by atoms with E-state index in [1.807, 2.05) is 0 Å². The van der Waals surface area contributed by atoms with Crippen molar-refractivity contribution in [1.29, 1.82) is 0 Å². The topological polar surface area (TPSA) is 97.2 Å². The third-order valence-electron chi connectivity index (χ3n) is 2.63. The number of anilines is 1. The molecule has 0 unspecified atom stereocenters. The molecule has 0 aliphatic heterocycles. The van der Waals surface area contributed by atoms with E-state index in [1.165, 1.54) is 29.5 Å². The number of nitro benzene ring substituents is 1. The summed E-state index contributed by atoms with van der Waals surface area (Å²) in [5, 5.41) is 16.2. The van der Waals surface area contributed by atoms with E-state index in [0.717, 1.165) is 4.88 Å². The Morgan fingerprint density at radius 1 is 1.50 bits per heavy atom. The van der Waals surface area contributed by atoms with Crippen molar-refractivity contribution < 1.29 is 9.72 Å². The normalized spacial score (nSPS) is 10.1. The second-order valence-corrected chi connectivity index (χ2v) is 4.86. The van der Waals surface area contributed by atoms with E-state index >= 15 is 0 Å². The Morgan fingerprint density at radius 2 is 2.30 bits per heavy atom. The third kappa shape index (κ3) is 3.09. The highest BCUT2D eigenvalue weighted by molar-refractivity contribution is 7.09. The molecule has 7 nitrogen and oxygen atoms in total. The zero-order valence-electron chi connectivity index (χ0n) is 10.6. The summed E-state index contributed by atoms with van der Waals surface area (Å²) >= 11 is 1.45. The zero-order chi connectivity index (χ0) is 14.5. The summed E-state index contributed by atoms with van der Waals surface area (Å²) in [4.78, 5) is 27.1. The Labute approximate surface area is 118 Å². The van der Waals surface area contributed by atoms with Gasteiger partial charge in [0.25, 0.3) is 11.6 Å². The van der Waals surface area contributed by atoms with E-state index in [2.05, 4.69) is 15.6 Å². The minimum absolute atomic E-state index is 0.0634. The molecule has 0 bridgehead atoms. The molecule has 2 aromatic rings. The van der Waals surface area contributed by atoms with Crippen molar-refractivity contribution in [1.82, 2.24) is 10.3 Å². The highest BCUT2D eigenvalue weighted by Gasteiger charge is 2.15. The number of benzene rings is 1. The molecule has 2 N–H and O–H groups in total. The maximum Gasteiger partial charge on any atom is 0.292 e. The number of nitro groups is 1. The van der Waals surface area contributed by atoms with Crippen molar-refractivity contribution in [3.8, 4) is 0 Å². The van der Waals surface area contributed by atoms with Crippen molar-refractivity contribution in [2.75, 3.05) is 12.4 Å². The van der Waals surface area contributed by atoms with E-state index in [9.17, 15) is 14.9 Å². The first-order valence-electron chi connectivity index (χ1n) is 5.73. The molecule has 0 aliphatic rings. The number of hydrogen-bond acceptors (Lipinski definition) is 6. The van der Waals surface area contributed by atoms with Crippen molar-refractivity contribution in [3.63, 3.8) is 0 Å². The number of hydrogen-bond donors (Lipinski definition) is 2. The van der Waals surface area contributed by atoms with Gasteiger partial charge >= 0.3 is 0 Å². The van der Waals surface area contributed by atoms with Gasteiger partial charge in [-0.1, -0.05) is 0 Å². The largest absolute Gasteiger partial charge is 0.383 e. The molecule has 0 fully saturated rings. The van der Waals surface area contributed by atoms with Crippen LogP contribution in [0.15, 0.2) is 29.9 Å². The lowest BCUT2D eigenvalue weighted by Crippen LogP contribution is -2.22. The summed E-state index contributed by atoms with van der Waals surface area (Å²) < 4.78 is 0. The average Bonchev–Trinajstić information content (AvgIpc) is 2.97. The smallest absolute Gasteiger partial charge is 0.292 e. The summed E-state index contributed by atoms with van der Waals surface area (Å²) in [6.45, 7) is 0.384. The first-order chi connectivity index (χ1) is 9.61. The quantitative estimate of drug-likeness (QED) is 0.649. The molecule has 1 amide bonds. The second-order valence-electron chi connectivity index (χ2n) is 3.89. The maximum atomic E-state index is 12.0. The number of carbonyl (C=O) groups is 1. The summed E-state index contributed by atoms with van der Waals surface area (Å²) in [5.41, 5.74) is 2.29. The third-order valence-corrected chi connectivity index (χ3v) is 3.41. The van der Waals surface area contributed by atoms with E-state index in [0.29, 0.717) is 17.8 Å². The van der Waals surface area contributed by atoms with Gasteiger partial charge in [0.2, 0.25) is 0 Å². The predicted octanol–water partition coefficient (Wildman–Crippen LogP) is 2.02. The molecule has 1 aromatic carbocycles. The Morgan fingerprint density at radius 3 is 2.90 bits per heavy atom. The lowest BCUT2D eigenvalue weighted by atomic mass is 10.1. The van der Waals surface area contributed by atoms with Crippen molar-refractivity contribution in [2.45, 2.75) is 6.54 Å². The number of rotatable bonds is 5. The van der Waals surface area contributed by atoms with Crippen LogP contribution in [0.25, 0.3) is 0 Å². The van der Waals surface area contributed by atoms with Crippen LogP contribution in [-0.2, 0) is 6.54 Å². The first-order valence-corrected chi connectivity index (χ1v) is 6.61. The number of nitrogens with one attached hydrogen (secondary N) is 2. The average molecular weight is 292 g/mol. The Balaban J connectivity index is 2.12. The van der Waals surface area contributed by atoms with Crippen molar-refractivity contribution in [3.05, 3.63) is 50.5 Å². The van der Waals surface area contributed by atoms with Crippen molar-refractivity contribution >= 4 is 28.6 Å². The van der Waals surface area contributed by atoms with E-state index < -0.39 is 4.92 Å². The van der Waals surface area contributed by atoms with Gasteiger partial charge in [-0.15, -0.1) is 11.3 Å². The predicted molar refractivity (Wildman–Crippen MR) is 75.9 cm³/mol. The molecule has 0 radical (unpaired) electrons. The fourth-order valence-corrected chi connectivity index (χ4v) is 2.17. The van der Waals surface area contributed by atoms with Crippen LogP contribution in [0.5, 0.6) is 0 Å². The lowest BCUT2D eigenvalue weighted by Gasteiger charge is -2.06. The van der Waals surface area contributed by atoms with Crippen LogP contribution in [0.2, 0.25) is 0 Å². The molecule has 0 atom stereocenters. The van der Waals surface area contributed by atoms with Crippen LogP contribution < -0.4 is 10.6 Å². The lowest BCUT2D eigenvalue weighted by molar-refractivity contribution is -0.383. The van der Waals surface area contributed by atoms with Gasteiger partial charge in [0.15, 0.2) is 0 Å². The molecule has 104 valence electrons. The Hall–Kier alpha value is -2.48. The van der Waals surface area contributed by atoms with E-state index in [4.69, 9.17) is 0 Å². The van der Waals surface area contributed by atoms with Gasteiger partial charge in [-0.2, -0.15) is 0 Å². The van der Waals surface area contributed by atoms with Crippen LogP contribution in [0.4, 0.5) is 11.4 Å².